The van der Waals surface area contributed by atoms with Gasteiger partial charge in [-0.15, -0.1) is 0 Å². The second kappa shape index (κ2) is 9.27. The Hall–Kier alpha value is -2.25. The van der Waals surface area contributed by atoms with Gasteiger partial charge in [0.25, 0.3) is 5.92 Å². The Labute approximate surface area is 176 Å². The molecule has 0 spiro atoms. The molecular weight excluding hydrogens is 390 g/mol. The number of methoxy groups -OCH3 is 1. The molecule has 162 valence electrons. The number of benzene rings is 1. The normalized spacial score (nSPS) is 21.5. The van der Waals surface area contributed by atoms with Gasteiger partial charge in [-0.25, -0.2) is 13.8 Å². The monoisotopic (exact) mass is 418 g/mol. The Morgan fingerprint density at radius 2 is 2.13 bits per heavy atom. The van der Waals surface area contributed by atoms with Crippen LogP contribution < -0.4 is 9.47 Å². The molecule has 0 bridgehead atoms. The predicted octanol–water partition coefficient (Wildman–Crippen LogP) is 4.55. The molecule has 2 aromatic rings. The number of rotatable bonds is 7. The molecule has 5 nitrogen and oxygen atoms in total. The number of hydrogen-bond donors (Lipinski definition) is 0. The first-order chi connectivity index (χ1) is 14.5. The standard InChI is InChI=1S/C23H28F2N2O3/c1-28-22-7-2-6-20(26-22)17-8-9-21(30-15-19-5-3-12-29-19)18(13-17)14-27-11-4-10-23(24,25)16-27/h2,6-9,13,19H,3-5,10-12,14-16H2,1H3. The zero-order valence-electron chi connectivity index (χ0n) is 17.3. The van der Waals surface area contributed by atoms with E-state index in [1.54, 1.807) is 18.1 Å². The fourth-order valence-corrected chi connectivity index (χ4v) is 4.07. The Bertz CT molecular complexity index is 856. The number of halogens is 2. The number of likely N-dealkylation sites (tertiary alicyclic amines) is 1. The molecule has 2 fully saturated rings. The van der Waals surface area contributed by atoms with E-state index in [0.29, 0.717) is 37.7 Å². The summed E-state index contributed by atoms with van der Waals surface area (Å²) in [4.78, 5) is 6.30. The van der Waals surface area contributed by atoms with Gasteiger partial charge < -0.3 is 14.2 Å². The van der Waals surface area contributed by atoms with Crippen LogP contribution in [0.3, 0.4) is 0 Å². The van der Waals surface area contributed by atoms with Gasteiger partial charge in [0, 0.05) is 36.8 Å². The molecule has 2 aliphatic heterocycles. The fourth-order valence-electron chi connectivity index (χ4n) is 4.07. The van der Waals surface area contributed by atoms with Crippen LogP contribution in [0.15, 0.2) is 36.4 Å². The summed E-state index contributed by atoms with van der Waals surface area (Å²) in [6.45, 7) is 2.08. The maximum absolute atomic E-state index is 13.9. The molecular formula is C23H28F2N2O3. The summed E-state index contributed by atoms with van der Waals surface area (Å²) >= 11 is 0. The van der Waals surface area contributed by atoms with Crippen molar-refractivity contribution in [1.82, 2.24) is 9.88 Å². The Morgan fingerprint density at radius 3 is 2.90 bits per heavy atom. The molecule has 7 heteroatoms. The lowest BCUT2D eigenvalue weighted by Gasteiger charge is -2.32. The highest BCUT2D eigenvalue weighted by Crippen LogP contribution is 2.32. The van der Waals surface area contributed by atoms with E-state index in [2.05, 4.69) is 4.98 Å². The third kappa shape index (κ3) is 5.26. The number of piperidine rings is 1. The number of pyridine rings is 1. The molecule has 2 aliphatic rings. The molecule has 0 N–H and O–H groups in total. The second-order valence-corrected chi connectivity index (χ2v) is 8.00. The zero-order chi connectivity index (χ0) is 21.0. The summed E-state index contributed by atoms with van der Waals surface area (Å²) in [7, 11) is 1.58. The first kappa shape index (κ1) is 21.0. The molecule has 1 atom stereocenters. The van der Waals surface area contributed by atoms with E-state index in [1.807, 2.05) is 30.3 Å². The molecule has 1 aromatic heterocycles. The van der Waals surface area contributed by atoms with Crippen molar-refractivity contribution in [3.8, 4) is 22.9 Å². The van der Waals surface area contributed by atoms with Gasteiger partial charge in [-0.3, -0.25) is 4.90 Å². The van der Waals surface area contributed by atoms with Gasteiger partial charge in [-0.1, -0.05) is 6.07 Å². The van der Waals surface area contributed by atoms with E-state index in [1.165, 1.54) is 0 Å². The van der Waals surface area contributed by atoms with Gasteiger partial charge in [0.15, 0.2) is 0 Å². The van der Waals surface area contributed by atoms with Crippen molar-refractivity contribution in [2.24, 2.45) is 0 Å². The smallest absolute Gasteiger partial charge is 0.260 e. The minimum atomic E-state index is -2.64. The molecule has 0 aliphatic carbocycles. The van der Waals surface area contributed by atoms with Crippen molar-refractivity contribution in [1.29, 1.82) is 0 Å². The minimum absolute atomic E-state index is 0.0420. The Kier molecular flexibility index (Phi) is 6.49. The summed E-state index contributed by atoms with van der Waals surface area (Å²) in [5.74, 6) is -1.39. The highest BCUT2D eigenvalue weighted by molar-refractivity contribution is 5.62. The fraction of sp³-hybridized carbons (Fsp3) is 0.522. The number of ether oxygens (including phenoxy) is 3. The van der Waals surface area contributed by atoms with Crippen molar-refractivity contribution in [3.63, 3.8) is 0 Å². The van der Waals surface area contributed by atoms with Crippen LogP contribution in [-0.2, 0) is 11.3 Å². The average molecular weight is 418 g/mol. The van der Waals surface area contributed by atoms with Crippen LogP contribution in [0, 0.1) is 0 Å². The van der Waals surface area contributed by atoms with Gasteiger partial charge in [0.2, 0.25) is 5.88 Å². The van der Waals surface area contributed by atoms with Crippen molar-refractivity contribution < 1.29 is 23.0 Å². The third-order valence-corrected chi connectivity index (χ3v) is 5.60. The van der Waals surface area contributed by atoms with E-state index in [4.69, 9.17) is 14.2 Å². The van der Waals surface area contributed by atoms with Crippen LogP contribution in [0.1, 0.15) is 31.2 Å². The summed E-state index contributed by atoms with van der Waals surface area (Å²) in [6, 6.07) is 11.4. The maximum atomic E-state index is 13.9. The lowest BCUT2D eigenvalue weighted by atomic mass is 10.0. The van der Waals surface area contributed by atoms with Crippen LogP contribution in [0.25, 0.3) is 11.3 Å². The first-order valence-corrected chi connectivity index (χ1v) is 10.5. The third-order valence-electron chi connectivity index (χ3n) is 5.60. The topological polar surface area (TPSA) is 43.8 Å². The molecule has 0 amide bonds. The van der Waals surface area contributed by atoms with Crippen molar-refractivity contribution >= 4 is 0 Å². The van der Waals surface area contributed by atoms with Gasteiger partial charge >= 0.3 is 0 Å². The summed E-state index contributed by atoms with van der Waals surface area (Å²) < 4.78 is 44.8. The van der Waals surface area contributed by atoms with Crippen molar-refractivity contribution in [3.05, 3.63) is 42.0 Å². The maximum Gasteiger partial charge on any atom is 0.260 e. The molecule has 0 saturated carbocycles. The van der Waals surface area contributed by atoms with E-state index >= 15 is 0 Å². The van der Waals surface area contributed by atoms with Crippen LogP contribution >= 0.6 is 0 Å². The van der Waals surface area contributed by atoms with E-state index in [0.717, 1.165) is 36.3 Å². The zero-order valence-corrected chi connectivity index (χ0v) is 17.3. The highest BCUT2D eigenvalue weighted by Gasteiger charge is 2.35. The molecule has 1 unspecified atom stereocenters. The first-order valence-electron chi connectivity index (χ1n) is 10.5. The number of aromatic nitrogens is 1. The molecule has 30 heavy (non-hydrogen) atoms. The quantitative estimate of drug-likeness (QED) is 0.660. The SMILES string of the molecule is COc1cccc(-c2ccc(OCC3CCCO3)c(CN3CCCC(F)(F)C3)c2)n1. The second-order valence-electron chi connectivity index (χ2n) is 8.00. The summed E-state index contributed by atoms with van der Waals surface area (Å²) in [6.07, 6.45) is 2.58. The summed E-state index contributed by atoms with van der Waals surface area (Å²) in [5.41, 5.74) is 2.55. The Balaban J connectivity index is 1.58. The molecule has 1 aromatic carbocycles. The molecule has 4 rings (SSSR count). The van der Waals surface area contributed by atoms with E-state index < -0.39 is 5.92 Å². The highest BCUT2D eigenvalue weighted by atomic mass is 19.3. The van der Waals surface area contributed by atoms with Crippen LogP contribution in [-0.4, -0.2) is 55.3 Å². The van der Waals surface area contributed by atoms with E-state index in [9.17, 15) is 8.78 Å². The lowest BCUT2D eigenvalue weighted by molar-refractivity contribution is -0.0662. The van der Waals surface area contributed by atoms with Crippen LogP contribution in [0.2, 0.25) is 0 Å². The van der Waals surface area contributed by atoms with Gasteiger partial charge in [-0.2, -0.15) is 0 Å². The Morgan fingerprint density at radius 1 is 1.23 bits per heavy atom. The number of alkyl halides is 2. The molecule has 0 radical (unpaired) electrons. The van der Waals surface area contributed by atoms with Crippen LogP contribution in [0.5, 0.6) is 11.6 Å². The minimum Gasteiger partial charge on any atom is -0.491 e. The predicted molar refractivity (Wildman–Crippen MR) is 110 cm³/mol. The molecule has 2 saturated heterocycles. The number of hydrogen-bond acceptors (Lipinski definition) is 5. The van der Waals surface area contributed by atoms with Gasteiger partial charge in [0.1, 0.15) is 12.4 Å². The van der Waals surface area contributed by atoms with Gasteiger partial charge in [0.05, 0.1) is 25.5 Å². The molecule has 3 heterocycles. The summed E-state index contributed by atoms with van der Waals surface area (Å²) in [5, 5.41) is 0. The lowest BCUT2D eigenvalue weighted by Crippen LogP contribution is -2.42. The van der Waals surface area contributed by atoms with Crippen molar-refractivity contribution in [2.75, 3.05) is 33.4 Å². The van der Waals surface area contributed by atoms with E-state index in [-0.39, 0.29) is 19.1 Å². The van der Waals surface area contributed by atoms with Crippen LogP contribution in [0.4, 0.5) is 8.78 Å². The largest absolute Gasteiger partial charge is 0.491 e. The van der Waals surface area contributed by atoms with Crippen molar-refractivity contribution in [2.45, 2.75) is 44.3 Å². The number of nitrogens with zero attached hydrogens (tertiary/aromatic N) is 2. The van der Waals surface area contributed by atoms with Gasteiger partial charge in [-0.05, 0) is 50.1 Å². The average Bonchev–Trinajstić information content (AvgIpc) is 3.26.